The van der Waals surface area contributed by atoms with Gasteiger partial charge in [-0.1, -0.05) is 24.3 Å². The average Bonchev–Trinajstić information content (AvgIpc) is 3.02. The molecule has 0 aliphatic rings. The zero-order chi connectivity index (χ0) is 14.8. The smallest absolute Gasteiger partial charge is 0.221 e. The fourth-order valence-corrected chi connectivity index (χ4v) is 2.85. The standard InChI is InChI=1S/C15H15N5S/c1-10-7-14(21-19-10)13-6-4-3-5-12(13)8-17-20-9-11(2)18-15(20)16/h3-9H,1-2H3,(H2,16,18). The second-order valence-corrected chi connectivity index (χ2v) is 5.55. The Labute approximate surface area is 126 Å². The van der Waals surface area contributed by atoms with E-state index < -0.39 is 0 Å². The van der Waals surface area contributed by atoms with Crippen molar-refractivity contribution in [2.24, 2.45) is 5.10 Å². The number of hydrogen-bond acceptors (Lipinski definition) is 5. The van der Waals surface area contributed by atoms with Gasteiger partial charge in [0.2, 0.25) is 5.95 Å². The van der Waals surface area contributed by atoms with E-state index in [1.807, 2.05) is 32.0 Å². The van der Waals surface area contributed by atoms with E-state index in [1.54, 1.807) is 17.1 Å². The first kappa shape index (κ1) is 13.5. The summed E-state index contributed by atoms with van der Waals surface area (Å²) in [5, 5.41) is 4.38. The molecule has 0 saturated heterocycles. The highest BCUT2D eigenvalue weighted by Gasteiger charge is 2.06. The molecule has 0 unspecified atom stereocenters. The summed E-state index contributed by atoms with van der Waals surface area (Å²) in [5.74, 6) is 0.384. The van der Waals surface area contributed by atoms with Gasteiger partial charge >= 0.3 is 0 Å². The summed E-state index contributed by atoms with van der Waals surface area (Å²) < 4.78 is 5.91. The first-order valence-electron chi connectivity index (χ1n) is 6.52. The third-order valence-electron chi connectivity index (χ3n) is 3.01. The van der Waals surface area contributed by atoms with Crippen LogP contribution in [0.4, 0.5) is 5.95 Å². The number of imidazole rings is 1. The van der Waals surface area contributed by atoms with Crippen molar-refractivity contribution in [3.63, 3.8) is 0 Å². The number of benzene rings is 1. The van der Waals surface area contributed by atoms with Crippen molar-refractivity contribution in [2.45, 2.75) is 13.8 Å². The van der Waals surface area contributed by atoms with Gasteiger partial charge in [-0.2, -0.15) is 9.47 Å². The third-order valence-corrected chi connectivity index (χ3v) is 3.92. The Morgan fingerprint density at radius 2 is 2.05 bits per heavy atom. The highest BCUT2D eigenvalue weighted by Crippen LogP contribution is 2.27. The van der Waals surface area contributed by atoms with Crippen LogP contribution in [0.1, 0.15) is 17.0 Å². The summed E-state index contributed by atoms with van der Waals surface area (Å²) in [6.45, 7) is 3.88. The van der Waals surface area contributed by atoms with E-state index in [0.717, 1.165) is 27.4 Å². The van der Waals surface area contributed by atoms with Crippen molar-refractivity contribution < 1.29 is 0 Å². The SMILES string of the molecule is Cc1cc(-c2ccccc2C=Nn2cc(C)nc2N)sn1. The Morgan fingerprint density at radius 1 is 1.24 bits per heavy atom. The molecule has 2 heterocycles. The number of anilines is 1. The van der Waals surface area contributed by atoms with Crippen LogP contribution in [-0.2, 0) is 0 Å². The molecule has 0 saturated carbocycles. The van der Waals surface area contributed by atoms with Gasteiger partial charge in [0.25, 0.3) is 0 Å². The summed E-state index contributed by atoms with van der Waals surface area (Å²) in [6, 6.07) is 10.2. The van der Waals surface area contributed by atoms with Gasteiger partial charge in [-0.15, -0.1) is 0 Å². The van der Waals surface area contributed by atoms with E-state index in [9.17, 15) is 0 Å². The zero-order valence-electron chi connectivity index (χ0n) is 11.8. The largest absolute Gasteiger partial charge is 0.368 e. The maximum Gasteiger partial charge on any atom is 0.221 e. The van der Waals surface area contributed by atoms with Gasteiger partial charge in [-0.25, -0.2) is 9.66 Å². The summed E-state index contributed by atoms with van der Waals surface area (Å²) >= 11 is 1.49. The maximum atomic E-state index is 5.79. The molecule has 0 amide bonds. The molecular weight excluding hydrogens is 282 g/mol. The lowest BCUT2D eigenvalue weighted by Crippen LogP contribution is -1.97. The van der Waals surface area contributed by atoms with Crippen molar-refractivity contribution >= 4 is 23.7 Å². The molecule has 21 heavy (non-hydrogen) atoms. The van der Waals surface area contributed by atoms with Gasteiger partial charge in [0.1, 0.15) is 0 Å². The summed E-state index contributed by atoms with van der Waals surface area (Å²) in [4.78, 5) is 5.26. The molecule has 0 spiro atoms. The van der Waals surface area contributed by atoms with Crippen LogP contribution >= 0.6 is 11.5 Å². The van der Waals surface area contributed by atoms with E-state index in [-0.39, 0.29) is 0 Å². The Kier molecular flexibility index (Phi) is 3.53. The molecule has 0 aliphatic heterocycles. The number of hydrogen-bond donors (Lipinski definition) is 1. The number of aryl methyl sites for hydroxylation is 2. The molecule has 5 nitrogen and oxygen atoms in total. The average molecular weight is 297 g/mol. The summed E-state index contributed by atoms with van der Waals surface area (Å²) in [5.41, 5.74) is 9.79. The normalized spacial score (nSPS) is 11.3. The Bertz CT molecular complexity index is 800. The molecule has 0 bridgehead atoms. The molecule has 2 aromatic heterocycles. The number of nitrogens with zero attached hydrogens (tertiary/aromatic N) is 4. The second-order valence-electron chi connectivity index (χ2n) is 4.75. The van der Waals surface area contributed by atoms with Crippen LogP contribution in [0.2, 0.25) is 0 Å². The topological polar surface area (TPSA) is 69.1 Å². The molecular formula is C15H15N5S. The van der Waals surface area contributed by atoms with Crippen molar-refractivity contribution in [1.82, 2.24) is 14.0 Å². The summed E-state index contributed by atoms with van der Waals surface area (Å²) in [7, 11) is 0. The first-order valence-corrected chi connectivity index (χ1v) is 7.29. The molecule has 6 heteroatoms. The van der Waals surface area contributed by atoms with Crippen molar-refractivity contribution in [2.75, 3.05) is 5.73 Å². The van der Waals surface area contributed by atoms with E-state index in [0.29, 0.717) is 5.95 Å². The van der Waals surface area contributed by atoms with E-state index in [1.165, 1.54) is 11.5 Å². The van der Waals surface area contributed by atoms with Crippen LogP contribution in [0, 0.1) is 13.8 Å². The van der Waals surface area contributed by atoms with Gasteiger partial charge in [0.15, 0.2) is 0 Å². The monoisotopic (exact) mass is 297 g/mol. The minimum absolute atomic E-state index is 0.384. The summed E-state index contributed by atoms with van der Waals surface area (Å²) in [6.07, 6.45) is 3.59. The van der Waals surface area contributed by atoms with Crippen LogP contribution in [-0.4, -0.2) is 20.2 Å². The molecule has 0 fully saturated rings. The number of rotatable bonds is 3. The van der Waals surface area contributed by atoms with Gasteiger partial charge < -0.3 is 5.73 Å². The van der Waals surface area contributed by atoms with Crippen LogP contribution in [0.3, 0.4) is 0 Å². The number of nitrogen functional groups attached to an aromatic ring is 1. The fraction of sp³-hybridized carbons (Fsp3) is 0.133. The molecule has 0 aliphatic carbocycles. The fourth-order valence-electron chi connectivity index (χ4n) is 2.05. The van der Waals surface area contributed by atoms with Crippen molar-refractivity contribution in [3.05, 3.63) is 53.5 Å². The van der Waals surface area contributed by atoms with E-state index >= 15 is 0 Å². The molecule has 2 N–H and O–H groups in total. The van der Waals surface area contributed by atoms with E-state index in [4.69, 9.17) is 5.73 Å². The van der Waals surface area contributed by atoms with Gasteiger partial charge in [0.05, 0.1) is 28.7 Å². The quantitative estimate of drug-likeness (QED) is 0.755. The number of nitrogens with two attached hydrogens (primary N) is 1. The highest BCUT2D eigenvalue weighted by atomic mass is 32.1. The minimum Gasteiger partial charge on any atom is -0.368 e. The molecule has 0 atom stereocenters. The van der Waals surface area contributed by atoms with Gasteiger partial charge in [-0.05, 0) is 31.4 Å². The lowest BCUT2D eigenvalue weighted by atomic mass is 10.1. The molecule has 3 rings (SSSR count). The lowest BCUT2D eigenvalue weighted by Gasteiger charge is -2.02. The van der Waals surface area contributed by atoms with Crippen molar-refractivity contribution in [3.8, 4) is 10.4 Å². The molecule has 1 aromatic carbocycles. The van der Waals surface area contributed by atoms with Gasteiger partial charge in [0, 0.05) is 11.1 Å². The lowest BCUT2D eigenvalue weighted by molar-refractivity contribution is 0.897. The van der Waals surface area contributed by atoms with Crippen LogP contribution < -0.4 is 5.73 Å². The first-order chi connectivity index (χ1) is 10.1. The Hall–Kier alpha value is -2.47. The predicted molar refractivity (Wildman–Crippen MR) is 86.7 cm³/mol. The second kappa shape index (κ2) is 5.49. The number of aromatic nitrogens is 3. The minimum atomic E-state index is 0.384. The molecule has 106 valence electrons. The molecule has 0 radical (unpaired) electrons. The highest BCUT2D eigenvalue weighted by molar-refractivity contribution is 7.09. The van der Waals surface area contributed by atoms with Gasteiger partial charge in [-0.3, -0.25) is 0 Å². The Balaban J connectivity index is 1.98. The predicted octanol–water partition coefficient (Wildman–Crippen LogP) is 3.09. The van der Waals surface area contributed by atoms with E-state index in [2.05, 4.69) is 26.6 Å². The molecule has 3 aromatic rings. The Morgan fingerprint density at radius 3 is 2.71 bits per heavy atom. The van der Waals surface area contributed by atoms with Crippen molar-refractivity contribution in [1.29, 1.82) is 0 Å². The third kappa shape index (κ3) is 2.85. The van der Waals surface area contributed by atoms with Crippen LogP contribution in [0.15, 0.2) is 41.6 Å². The zero-order valence-corrected chi connectivity index (χ0v) is 12.6. The van der Waals surface area contributed by atoms with Crippen LogP contribution in [0.25, 0.3) is 10.4 Å². The van der Waals surface area contributed by atoms with Crippen LogP contribution in [0.5, 0.6) is 0 Å². The maximum absolute atomic E-state index is 5.79.